The maximum absolute atomic E-state index is 12.6. The molecule has 4 rings (SSSR count). The van der Waals surface area contributed by atoms with E-state index < -0.39 is 9.93 Å². The molecule has 5 nitrogen and oxygen atoms in total. The number of fused-ring (bicyclic) bond motifs is 1. The maximum Gasteiger partial charge on any atom is 0.263 e. The van der Waals surface area contributed by atoms with Crippen LogP contribution in [0.15, 0.2) is 48.5 Å². The minimum Gasteiger partial charge on any atom is -0.478 e. The fraction of sp³-hybridized carbons (Fsp3) is 0.391. The number of nitrogens with zero attached hydrogens (tertiary/aromatic N) is 1. The number of aryl methyl sites for hydroxylation is 1. The van der Waals surface area contributed by atoms with Crippen molar-refractivity contribution in [2.24, 2.45) is 0 Å². The highest BCUT2D eigenvalue weighted by Gasteiger charge is 2.52. The van der Waals surface area contributed by atoms with Crippen molar-refractivity contribution in [1.29, 1.82) is 0 Å². The number of aromatic amines is 1. The lowest BCUT2D eigenvalue weighted by atomic mass is 10.1. The van der Waals surface area contributed by atoms with Gasteiger partial charge in [0.25, 0.3) is 5.91 Å². The van der Waals surface area contributed by atoms with E-state index in [1.54, 1.807) is 13.8 Å². The van der Waals surface area contributed by atoms with Gasteiger partial charge in [-0.25, -0.2) is 4.98 Å². The Kier molecular flexibility index (Phi) is 5.69. The van der Waals surface area contributed by atoms with E-state index in [4.69, 9.17) is 27.9 Å². The van der Waals surface area contributed by atoms with E-state index in [2.05, 4.69) is 15.3 Å². The topological polar surface area (TPSA) is 67.0 Å². The van der Waals surface area contributed by atoms with E-state index in [0.29, 0.717) is 12.3 Å². The normalized spacial score (nSPS) is 17.7. The van der Waals surface area contributed by atoms with E-state index in [-0.39, 0.29) is 11.8 Å². The summed E-state index contributed by atoms with van der Waals surface area (Å²) in [6.45, 7) is 4.08. The number of aromatic nitrogens is 2. The molecule has 2 N–H and O–H groups in total. The molecule has 1 atom stereocenters. The van der Waals surface area contributed by atoms with Gasteiger partial charge in [-0.05, 0) is 56.5 Å². The number of H-pyrrole nitrogens is 1. The summed E-state index contributed by atoms with van der Waals surface area (Å²) in [4.78, 5) is 20.5. The predicted octanol–water partition coefficient (Wildman–Crippen LogP) is 5.13. The van der Waals surface area contributed by atoms with Crippen LogP contribution in [0.3, 0.4) is 0 Å². The molecule has 1 fully saturated rings. The number of benzene rings is 2. The van der Waals surface area contributed by atoms with Crippen LogP contribution in [0.1, 0.15) is 44.0 Å². The zero-order valence-electron chi connectivity index (χ0n) is 17.0. The summed E-state index contributed by atoms with van der Waals surface area (Å²) in [6.07, 6.45) is 2.32. The number of alkyl halides is 2. The highest BCUT2D eigenvalue weighted by atomic mass is 35.5. The minimum atomic E-state index is -0.983. The molecule has 0 aliphatic heterocycles. The van der Waals surface area contributed by atoms with Crippen molar-refractivity contribution in [1.82, 2.24) is 15.3 Å². The molecule has 1 aliphatic rings. The summed E-state index contributed by atoms with van der Waals surface area (Å²) in [6, 6.07) is 15.6. The van der Waals surface area contributed by atoms with Crippen LogP contribution < -0.4 is 10.1 Å². The number of hydrogen-bond acceptors (Lipinski definition) is 3. The van der Waals surface area contributed by atoms with Gasteiger partial charge >= 0.3 is 0 Å². The average molecular weight is 446 g/mol. The summed E-state index contributed by atoms with van der Waals surface area (Å²) in [7, 11) is 0. The number of imidazole rings is 1. The van der Waals surface area contributed by atoms with Gasteiger partial charge in [-0.2, -0.15) is 0 Å². The molecule has 1 aromatic heterocycles. The molecule has 0 radical (unpaired) electrons. The molecule has 1 saturated carbocycles. The smallest absolute Gasteiger partial charge is 0.263 e. The number of nitrogens with one attached hydrogen (secondary N) is 2. The van der Waals surface area contributed by atoms with Crippen molar-refractivity contribution in [3.8, 4) is 5.75 Å². The quantitative estimate of drug-likeness (QED) is 0.372. The SMILES string of the molecule is CC(C)(Oc1ccc([C@@H]2CC2(Cl)Cl)cc1)C(=O)NCCCc1nc2ccccc2[nH]1. The lowest BCUT2D eigenvalue weighted by Crippen LogP contribution is -2.46. The second-order valence-electron chi connectivity index (χ2n) is 8.26. The van der Waals surface area contributed by atoms with Crippen LogP contribution in [-0.4, -0.2) is 32.4 Å². The van der Waals surface area contributed by atoms with Gasteiger partial charge in [0.05, 0.1) is 11.0 Å². The maximum atomic E-state index is 12.6. The zero-order chi connectivity index (χ0) is 21.4. The molecule has 158 valence electrons. The van der Waals surface area contributed by atoms with Crippen LogP contribution >= 0.6 is 23.2 Å². The number of ether oxygens (including phenoxy) is 1. The minimum absolute atomic E-state index is 0.154. The van der Waals surface area contributed by atoms with Crippen molar-refractivity contribution in [3.63, 3.8) is 0 Å². The van der Waals surface area contributed by atoms with Gasteiger partial charge in [0, 0.05) is 18.9 Å². The standard InChI is InChI=1S/C23H25Cl2N3O2/c1-22(2,30-16-11-9-15(10-12-16)17-14-23(17,24)25)21(29)26-13-5-8-20-27-18-6-3-4-7-19(18)28-20/h3-4,6-7,9-12,17H,5,8,13-14H2,1-2H3,(H,26,29)(H,27,28)/t17-/m0/s1. The predicted molar refractivity (Wildman–Crippen MR) is 120 cm³/mol. The molecule has 0 spiro atoms. The van der Waals surface area contributed by atoms with Gasteiger partial charge in [-0.1, -0.05) is 24.3 Å². The Morgan fingerprint density at radius 2 is 1.93 bits per heavy atom. The first kappa shape index (κ1) is 21.0. The Morgan fingerprint density at radius 1 is 1.23 bits per heavy atom. The molecular formula is C23H25Cl2N3O2. The van der Waals surface area contributed by atoms with Gasteiger partial charge < -0.3 is 15.0 Å². The van der Waals surface area contributed by atoms with Crippen molar-refractivity contribution < 1.29 is 9.53 Å². The first-order chi connectivity index (χ1) is 14.2. The molecule has 0 unspecified atom stereocenters. The Morgan fingerprint density at radius 3 is 2.60 bits per heavy atom. The van der Waals surface area contributed by atoms with Crippen LogP contribution in [0.25, 0.3) is 11.0 Å². The highest BCUT2D eigenvalue weighted by molar-refractivity contribution is 6.51. The lowest BCUT2D eigenvalue weighted by Gasteiger charge is -2.25. The number of halogens is 2. The molecule has 2 aromatic carbocycles. The van der Waals surface area contributed by atoms with Crippen molar-refractivity contribution in [2.75, 3.05) is 6.54 Å². The first-order valence-corrected chi connectivity index (χ1v) is 10.9. The monoisotopic (exact) mass is 445 g/mol. The molecule has 7 heteroatoms. The van der Waals surface area contributed by atoms with E-state index in [1.807, 2.05) is 48.5 Å². The third-order valence-corrected chi connectivity index (χ3v) is 6.18. The van der Waals surface area contributed by atoms with Gasteiger partial charge in [0.1, 0.15) is 15.9 Å². The van der Waals surface area contributed by atoms with Crippen molar-refractivity contribution in [2.45, 2.75) is 49.0 Å². The second kappa shape index (κ2) is 8.12. The number of rotatable bonds is 8. The molecule has 0 saturated heterocycles. The van der Waals surface area contributed by atoms with E-state index in [9.17, 15) is 4.79 Å². The average Bonchev–Trinajstić information content (AvgIpc) is 3.15. The van der Waals surface area contributed by atoms with Crippen LogP contribution in [0, 0.1) is 0 Å². The van der Waals surface area contributed by atoms with E-state index in [1.165, 1.54) is 0 Å². The summed E-state index contributed by atoms with van der Waals surface area (Å²) in [5.74, 6) is 1.57. The molecule has 1 amide bonds. The van der Waals surface area contributed by atoms with Crippen molar-refractivity contribution in [3.05, 3.63) is 59.9 Å². The molecular weight excluding hydrogens is 421 g/mol. The van der Waals surface area contributed by atoms with Crippen LogP contribution in [0.4, 0.5) is 0 Å². The molecule has 0 bridgehead atoms. The van der Waals surface area contributed by atoms with Gasteiger partial charge in [0.2, 0.25) is 0 Å². The summed E-state index contributed by atoms with van der Waals surface area (Å²) in [5, 5.41) is 2.96. The van der Waals surface area contributed by atoms with E-state index in [0.717, 1.165) is 41.7 Å². The van der Waals surface area contributed by atoms with Crippen molar-refractivity contribution >= 4 is 40.1 Å². The molecule has 3 aromatic rings. The third-order valence-electron chi connectivity index (χ3n) is 5.34. The largest absolute Gasteiger partial charge is 0.478 e. The van der Waals surface area contributed by atoms with Gasteiger partial charge in [-0.15, -0.1) is 23.2 Å². The second-order valence-corrected chi connectivity index (χ2v) is 9.80. The van der Waals surface area contributed by atoms with Gasteiger partial charge in [-0.3, -0.25) is 4.79 Å². The number of para-hydroxylation sites is 2. The Bertz CT molecular complexity index is 1010. The number of hydrogen-bond donors (Lipinski definition) is 2. The fourth-order valence-corrected chi connectivity index (χ4v) is 4.04. The summed E-state index contributed by atoms with van der Waals surface area (Å²) >= 11 is 12.3. The number of amides is 1. The van der Waals surface area contributed by atoms with Crippen LogP contribution in [0.2, 0.25) is 0 Å². The number of carbonyl (C=O) groups excluding carboxylic acids is 1. The van der Waals surface area contributed by atoms with Crippen LogP contribution in [-0.2, 0) is 11.2 Å². The third kappa shape index (κ3) is 4.73. The molecule has 1 heterocycles. The lowest BCUT2D eigenvalue weighted by molar-refractivity contribution is -0.134. The summed E-state index contributed by atoms with van der Waals surface area (Å²) < 4.78 is 5.28. The Hall–Kier alpha value is -2.24. The fourth-order valence-electron chi connectivity index (χ4n) is 3.48. The van der Waals surface area contributed by atoms with Crippen LogP contribution in [0.5, 0.6) is 5.75 Å². The summed E-state index contributed by atoms with van der Waals surface area (Å²) in [5.41, 5.74) is 2.09. The number of carbonyl (C=O) groups is 1. The Labute approximate surface area is 186 Å². The Balaban J connectivity index is 1.25. The molecule has 30 heavy (non-hydrogen) atoms. The first-order valence-electron chi connectivity index (χ1n) is 10.1. The molecule has 1 aliphatic carbocycles. The zero-order valence-corrected chi connectivity index (χ0v) is 18.6. The van der Waals surface area contributed by atoms with Gasteiger partial charge in [0.15, 0.2) is 5.60 Å². The van der Waals surface area contributed by atoms with E-state index >= 15 is 0 Å². The highest BCUT2D eigenvalue weighted by Crippen LogP contribution is 2.59.